The van der Waals surface area contributed by atoms with Crippen molar-refractivity contribution in [2.45, 2.75) is 19.0 Å². The third-order valence-electron chi connectivity index (χ3n) is 5.49. The summed E-state index contributed by atoms with van der Waals surface area (Å²) in [5, 5.41) is 15.7. The van der Waals surface area contributed by atoms with Crippen molar-refractivity contribution in [1.82, 2.24) is 10.3 Å². The highest BCUT2D eigenvalue weighted by Crippen LogP contribution is 2.31. The Hall–Kier alpha value is -3.68. The largest absolute Gasteiger partial charge is 0.480 e. The molecule has 4 aromatic rings. The number of aromatic nitrogens is 1. The number of nitrogens with zero attached hydrogens (tertiary/aromatic N) is 2. The fraction of sp³-hybridized carbons (Fsp3) is 0.148. The summed E-state index contributed by atoms with van der Waals surface area (Å²) in [5.74, 6) is -1.49. The van der Waals surface area contributed by atoms with Crippen LogP contribution in [0.15, 0.2) is 84.2 Å². The fourth-order valence-electron chi connectivity index (χ4n) is 3.63. The Morgan fingerprint density at radius 3 is 2.37 bits per heavy atom. The van der Waals surface area contributed by atoms with E-state index in [2.05, 4.69) is 5.32 Å². The predicted molar refractivity (Wildman–Crippen MR) is 140 cm³/mol. The maximum Gasteiger partial charge on any atom is 0.326 e. The van der Waals surface area contributed by atoms with Crippen LogP contribution in [0.1, 0.15) is 21.5 Å². The molecule has 1 unspecified atom stereocenters. The SMILES string of the molecule is CN(Cc1ccc(C(=O)NC(Cc2ccccc2)C(=O)O)cc1)c1nc(-c2ccccc2Cl)cs1. The Bertz CT molecular complexity index is 1310. The summed E-state index contributed by atoms with van der Waals surface area (Å²) in [4.78, 5) is 31.1. The summed E-state index contributed by atoms with van der Waals surface area (Å²) in [6.45, 7) is 0.600. The van der Waals surface area contributed by atoms with E-state index < -0.39 is 17.9 Å². The number of halogens is 1. The van der Waals surface area contributed by atoms with Crippen LogP contribution < -0.4 is 10.2 Å². The van der Waals surface area contributed by atoms with Gasteiger partial charge in [0.25, 0.3) is 5.91 Å². The van der Waals surface area contributed by atoms with E-state index in [0.29, 0.717) is 17.1 Å². The van der Waals surface area contributed by atoms with Crippen LogP contribution in [-0.2, 0) is 17.8 Å². The van der Waals surface area contributed by atoms with E-state index in [4.69, 9.17) is 16.6 Å². The van der Waals surface area contributed by atoms with E-state index >= 15 is 0 Å². The standard InChI is InChI=1S/C27H24ClN3O3S/c1-31(27-30-24(17-35-27)21-9-5-6-10-22(21)28)16-19-11-13-20(14-12-19)25(32)29-23(26(33)34)15-18-7-3-2-4-8-18/h2-14,17,23H,15-16H2,1H3,(H,29,32)(H,33,34). The molecular weight excluding hydrogens is 482 g/mol. The van der Waals surface area contributed by atoms with Gasteiger partial charge in [-0.2, -0.15) is 0 Å². The molecule has 0 spiro atoms. The Kier molecular flexibility index (Phi) is 7.80. The molecule has 8 heteroatoms. The fourth-order valence-corrected chi connectivity index (χ4v) is 4.65. The highest BCUT2D eigenvalue weighted by atomic mass is 35.5. The number of carbonyl (C=O) groups is 2. The van der Waals surface area contributed by atoms with Crippen molar-refractivity contribution >= 4 is 39.9 Å². The van der Waals surface area contributed by atoms with Gasteiger partial charge in [0.1, 0.15) is 6.04 Å². The summed E-state index contributed by atoms with van der Waals surface area (Å²) in [6.07, 6.45) is 0.217. The number of rotatable bonds is 9. The average molecular weight is 506 g/mol. The quantitative estimate of drug-likeness (QED) is 0.313. The van der Waals surface area contributed by atoms with Crippen molar-refractivity contribution in [2.75, 3.05) is 11.9 Å². The minimum atomic E-state index is -1.07. The van der Waals surface area contributed by atoms with Crippen LogP contribution in [0.4, 0.5) is 5.13 Å². The molecule has 0 aliphatic heterocycles. The molecule has 1 aromatic heterocycles. The number of carboxylic acids is 1. The lowest BCUT2D eigenvalue weighted by Crippen LogP contribution is -2.42. The summed E-state index contributed by atoms with van der Waals surface area (Å²) < 4.78 is 0. The van der Waals surface area contributed by atoms with Crippen molar-refractivity contribution in [3.8, 4) is 11.3 Å². The van der Waals surface area contributed by atoms with Crippen molar-refractivity contribution < 1.29 is 14.7 Å². The summed E-state index contributed by atoms with van der Waals surface area (Å²) >= 11 is 7.83. The number of carboxylic acid groups (broad SMARTS) is 1. The molecule has 0 aliphatic rings. The number of nitrogens with one attached hydrogen (secondary N) is 1. The van der Waals surface area contributed by atoms with E-state index in [1.807, 2.05) is 84.1 Å². The molecule has 0 saturated carbocycles. The van der Waals surface area contributed by atoms with E-state index in [-0.39, 0.29) is 6.42 Å². The first-order chi connectivity index (χ1) is 16.9. The number of carbonyl (C=O) groups excluding carboxylic acids is 1. The lowest BCUT2D eigenvalue weighted by molar-refractivity contribution is -0.139. The summed E-state index contributed by atoms with van der Waals surface area (Å²) in [5.41, 5.74) is 3.98. The van der Waals surface area contributed by atoms with Gasteiger partial charge in [0.2, 0.25) is 0 Å². The molecule has 0 fully saturated rings. The Labute approximate surface area is 212 Å². The number of aliphatic carboxylic acids is 1. The van der Waals surface area contributed by atoms with E-state index in [9.17, 15) is 14.7 Å². The maximum atomic E-state index is 12.7. The van der Waals surface area contributed by atoms with E-state index in [1.54, 1.807) is 12.1 Å². The average Bonchev–Trinajstić information content (AvgIpc) is 3.35. The van der Waals surface area contributed by atoms with Gasteiger partial charge in [-0.1, -0.05) is 72.3 Å². The van der Waals surface area contributed by atoms with Crippen LogP contribution in [0.5, 0.6) is 0 Å². The Morgan fingerprint density at radius 2 is 1.69 bits per heavy atom. The van der Waals surface area contributed by atoms with E-state index in [0.717, 1.165) is 27.5 Å². The first kappa shape index (κ1) is 24.4. The van der Waals surface area contributed by atoms with Gasteiger partial charge in [0.05, 0.1) is 5.69 Å². The zero-order valence-corrected chi connectivity index (χ0v) is 20.6. The van der Waals surface area contributed by atoms with Gasteiger partial charge in [0.15, 0.2) is 5.13 Å². The van der Waals surface area contributed by atoms with Gasteiger partial charge in [-0.25, -0.2) is 9.78 Å². The molecule has 3 aromatic carbocycles. The van der Waals surface area contributed by atoms with Crippen LogP contribution in [-0.4, -0.2) is 35.1 Å². The molecule has 0 bridgehead atoms. The monoisotopic (exact) mass is 505 g/mol. The molecule has 1 atom stereocenters. The molecule has 1 heterocycles. The van der Waals surface area contributed by atoms with Gasteiger partial charge in [-0.05, 0) is 29.3 Å². The van der Waals surface area contributed by atoms with Gasteiger partial charge in [0, 0.05) is 41.5 Å². The molecule has 1 amide bonds. The maximum absolute atomic E-state index is 12.7. The molecular formula is C27H24ClN3O3S. The van der Waals surface area contributed by atoms with Gasteiger partial charge in [-0.15, -0.1) is 11.3 Å². The van der Waals surface area contributed by atoms with Crippen molar-refractivity contribution in [3.63, 3.8) is 0 Å². The van der Waals surface area contributed by atoms with Crippen LogP contribution in [0, 0.1) is 0 Å². The molecule has 178 valence electrons. The van der Waals surface area contributed by atoms with Crippen LogP contribution >= 0.6 is 22.9 Å². The second kappa shape index (κ2) is 11.2. The topological polar surface area (TPSA) is 82.5 Å². The minimum absolute atomic E-state index is 0.217. The molecule has 4 rings (SSSR count). The number of hydrogen-bond acceptors (Lipinski definition) is 5. The van der Waals surface area contributed by atoms with Crippen LogP contribution in [0.3, 0.4) is 0 Å². The highest BCUT2D eigenvalue weighted by Gasteiger charge is 2.21. The van der Waals surface area contributed by atoms with Gasteiger partial charge in [-0.3, -0.25) is 4.79 Å². The van der Waals surface area contributed by atoms with Gasteiger partial charge < -0.3 is 15.3 Å². The zero-order valence-electron chi connectivity index (χ0n) is 19.0. The van der Waals surface area contributed by atoms with Crippen LogP contribution in [0.25, 0.3) is 11.3 Å². The van der Waals surface area contributed by atoms with Gasteiger partial charge >= 0.3 is 5.97 Å². The number of hydrogen-bond donors (Lipinski definition) is 2. The molecule has 2 N–H and O–H groups in total. The zero-order chi connectivity index (χ0) is 24.8. The summed E-state index contributed by atoms with van der Waals surface area (Å²) in [6, 6.07) is 23.0. The predicted octanol–water partition coefficient (Wildman–Crippen LogP) is 5.53. The number of thiazole rings is 1. The summed E-state index contributed by atoms with van der Waals surface area (Å²) in [7, 11) is 1.96. The molecule has 35 heavy (non-hydrogen) atoms. The second-order valence-corrected chi connectivity index (χ2v) is 9.35. The molecule has 0 radical (unpaired) electrons. The number of benzene rings is 3. The number of anilines is 1. The third-order valence-corrected chi connectivity index (χ3v) is 6.77. The van der Waals surface area contributed by atoms with Crippen molar-refractivity contribution in [2.24, 2.45) is 0 Å². The lowest BCUT2D eigenvalue weighted by atomic mass is 10.1. The smallest absolute Gasteiger partial charge is 0.326 e. The second-order valence-electron chi connectivity index (χ2n) is 8.10. The highest BCUT2D eigenvalue weighted by molar-refractivity contribution is 7.14. The first-order valence-corrected chi connectivity index (χ1v) is 12.2. The van der Waals surface area contributed by atoms with Crippen molar-refractivity contribution in [1.29, 1.82) is 0 Å². The normalized spacial score (nSPS) is 11.6. The Balaban J connectivity index is 1.38. The minimum Gasteiger partial charge on any atom is -0.480 e. The number of amides is 1. The molecule has 6 nitrogen and oxygen atoms in total. The third kappa shape index (κ3) is 6.26. The molecule has 0 aliphatic carbocycles. The lowest BCUT2D eigenvalue weighted by Gasteiger charge is -2.17. The van der Waals surface area contributed by atoms with Crippen LogP contribution in [0.2, 0.25) is 5.02 Å². The molecule has 0 saturated heterocycles. The van der Waals surface area contributed by atoms with Crippen molar-refractivity contribution in [3.05, 3.63) is 106 Å². The first-order valence-electron chi connectivity index (χ1n) is 11.0. The van der Waals surface area contributed by atoms with E-state index in [1.165, 1.54) is 11.3 Å². The Morgan fingerprint density at radius 1 is 1.00 bits per heavy atom.